The molecule has 1 aliphatic rings. The van der Waals surface area contributed by atoms with Crippen LogP contribution in [0.3, 0.4) is 0 Å². The van der Waals surface area contributed by atoms with Crippen LogP contribution in [0, 0.1) is 6.92 Å². The van der Waals surface area contributed by atoms with Gasteiger partial charge in [-0.05, 0) is 26.2 Å². The molecule has 7 heteroatoms. The molecule has 0 atom stereocenters. The highest BCUT2D eigenvalue weighted by molar-refractivity contribution is 7.89. The van der Waals surface area contributed by atoms with E-state index < -0.39 is 16.0 Å². The molecule has 1 aromatic rings. The van der Waals surface area contributed by atoms with E-state index in [1.165, 1.54) is 11.2 Å². The maximum Gasteiger partial charge on any atom is 0.371 e. The molecule has 1 N–H and O–H groups in total. The van der Waals surface area contributed by atoms with Crippen LogP contribution in [-0.2, 0) is 10.0 Å². The number of hydrogen-bond donors (Lipinski definition) is 1. The maximum absolute atomic E-state index is 12.5. The second-order valence-electron chi connectivity index (χ2n) is 4.68. The number of furan rings is 1. The lowest BCUT2D eigenvalue weighted by molar-refractivity contribution is 0.0661. The van der Waals surface area contributed by atoms with Crippen LogP contribution in [0.25, 0.3) is 0 Å². The zero-order chi connectivity index (χ0) is 14.2. The Hall–Kier alpha value is -1.34. The van der Waals surface area contributed by atoms with E-state index in [0.29, 0.717) is 6.54 Å². The Kier molecular flexibility index (Phi) is 3.69. The minimum atomic E-state index is -3.67. The van der Waals surface area contributed by atoms with Gasteiger partial charge >= 0.3 is 5.97 Å². The Labute approximate surface area is 112 Å². The van der Waals surface area contributed by atoms with E-state index in [-0.39, 0.29) is 22.5 Å². The molecule has 106 valence electrons. The van der Waals surface area contributed by atoms with Gasteiger partial charge in [0.1, 0.15) is 10.7 Å². The van der Waals surface area contributed by atoms with Crippen molar-refractivity contribution >= 4 is 16.0 Å². The van der Waals surface area contributed by atoms with Gasteiger partial charge in [-0.2, -0.15) is 4.31 Å². The van der Waals surface area contributed by atoms with Gasteiger partial charge in [0, 0.05) is 18.7 Å². The van der Waals surface area contributed by atoms with Crippen LogP contribution < -0.4 is 0 Å². The SMILES string of the molecule is CCCN(C1CC1)S(=O)(=O)c1cc(C(=O)O)oc1C. The predicted octanol–water partition coefficient (Wildman–Crippen LogP) is 1.85. The van der Waals surface area contributed by atoms with Crippen LogP contribution in [-0.4, -0.2) is 36.4 Å². The van der Waals surface area contributed by atoms with Gasteiger partial charge in [0.2, 0.25) is 15.8 Å². The summed E-state index contributed by atoms with van der Waals surface area (Å²) in [6, 6.07) is 1.14. The number of carbonyl (C=O) groups is 1. The Morgan fingerprint density at radius 2 is 2.16 bits per heavy atom. The smallest absolute Gasteiger partial charge is 0.371 e. The van der Waals surface area contributed by atoms with Crippen molar-refractivity contribution in [2.75, 3.05) is 6.54 Å². The van der Waals surface area contributed by atoms with Crippen LogP contribution in [0.15, 0.2) is 15.4 Å². The van der Waals surface area contributed by atoms with Crippen molar-refractivity contribution in [1.29, 1.82) is 0 Å². The summed E-state index contributed by atoms with van der Waals surface area (Å²) in [7, 11) is -3.67. The standard InChI is InChI=1S/C12H17NO5S/c1-3-6-13(9-4-5-9)19(16,17)11-7-10(12(14)15)18-8(11)2/h7,9H,3-6H2,1-2H3,(H,14,15). The summed E-state index contributed by atoms with van der Waals surface area (Å²) in [5, 5.41) is 8.85. The lowest BCUT2D eigenvalue weighted by atomic mass is 10.4. The fraction of sp³-hybridized carbons (Fsp3) is 0.583. The number of sulfonamides is 1. The number of hydrogen-bond acceptors (Lipinski definition) is 4. The van der Waals surface area contributed by atoms with Crippen molar-refractivity contribution in [3.63, 3.8) is 0 Å². The summed E-state index contributed by atoms with van der Waals surface area (Å²) in [5.74, 6) is -1.49. The number of aromatic carboxylic acids is 1. The zero-order valence-electron chi connectivity index (χ0n) is 10.9. The molecular formula is C12H17NO5S. The third-order valence-electron chi connectivity index (χ3n) is 3.07. The molecule has 1 aliphatic carbocycles. The summed E-state index contributed by atoms with van der Waals surface area (Å²) in [6.07, 6.45) is 2.45. The first-order chi connectivity index (χ1) is 8.87. The van der Waals surface area contributed by atoms with E-state index in [0.717, 1.165) is 25.3 Å². The predicted molar refractivity (Wildman–Crippen MR) is 67.6 cm³/mol. The molecule has 2 rings (SSSR count). The first-order valence-electron chi connectivity index (χ1n) is 6.23. The molecule has 0 radical (unpaired) electrons. The summed E-state index contributed by atoms with van der Waals surface area (Å²) in [4.78, 5) is 10.8. The lowest BCUT2D eigenvalue weighted by Gasteiger charge is -2.20. The quantitative estimate of drug-likeness (QED) is 0.862. The normalized spacial score (nSPS) is 15.9. The lowest BCUT2D eigenvalue weighted by Crippen LogP contribution is -2.34. The van der Waals surface area contributed by atoms with Gasteiger partial charge in [-0.25, -0.2) is 13.2 Å². The first-order valence-corrected chi connectivity index (χ1v) is 7.67. The van der Waals surface area contributed by atoms with Crippen LogP contribution in [0.4, 0.5) is 0 Å². The topological polar surface area (TPSA) is 87.8 Å². The van der Waals surface area contributed by atoms with Crippen molar-refractivity contribution in [2.45, 2.75) is 44.0 Å². The fourth-order valence-electron chi connectivity index (χ4n) is 2.04. The highest BCUT2D eigenvalue weighted by Crippen LogP contribution is 2.33. The Bertz CT molecular complexity index is 585. The molecule has 0 spiro atoms. The second-order valence-corrected chi connectivity index (χ2v) is 6.54. The maximum atomic E-state index is 12.5. The Morgan fingerprint density at radius 1 is 1.53 bits per heavy atom. The van der Waals surface area contributed by atoms with Crippen molar-refractivity contribution < 1.29 is 22.7 Å². The van der Waals surface area contributed by atoms with Crippen LogP contribution >= 0.6 is 0 Å². The molecule has 1 saturated carbocycles. The number of nitrogens with zero attached hydrogens (tertiary/aromatic N) is 1. The second kappa shape index (κ2) is 4.97. The molecule has 0 bridgehead atoms. The summed E-state index contributed by atoms with van der Waals surface area (Å²) in [5.41, 5.74) is 0. The van der Waals surface area contributed by atoms with Crippen LogP contribution in [0.2, 0.25) is 0 Å². The number of rotatable bonds is 6. The molecular weight excluding hydrogens is 270 g/mol. The minimum absolute atomic E-state index is 0.0368. The van der Waals surface area contributed by atoms with E-state index in [1.54, 1.807) is 0 Å². The summed E-state index contributed by atoms with van der Waals surface area (Å²) in [6.45, 7) is 3.83. The van der Waals surface area contributed by atoms with E-state index in [4.69, 9.17) is 9.52 Å². The molecule has 1 aromatic heterocycles. The first kappa shape index (κ1) is 14.1. The molecule has 1 fully saturated rings. The average Bonchev–Trinajstić information content (AvgIpc) is 3.07. The van der Waals surface area contributed by atoms with Gasteiger partial charge in [-0.15, -0.1) is 0 Å². The van der Waals surface area contributed by atoms with Crippen molar-refractivity contribution in [3.8, 4) is 0 Å². The van der Waals surface area contributed by atoms with Gasteiger partial charge in [0.25, 0.3) is 0 Å². The van der Waals surface area contributed by atoms with E-state index >= 15 is 0 Å². The molecule has 0 unspecified atom stereocenters. The molecule has 0 aliphatic heterocycles. The molecule has 0 amide bonds. The van der Waals surface area contributed by atoms with Gasteiger partial charge < -0.3 is 9.52 Å². The highest BCUT2D eigenvalue weighted by atomic mass is 32.2. The number of aryl methyl sites for hydroxylation is 1. The van der Waals surface area contributed by atoms with E-state index in [9.17, 15) is 13.2 Å². The van der Waals surface area contributed by atoms with Crippen LogP contribution in [0.5, 0.6) is 0 Å². The van der Waals surface area contributed by atoms with Crippen molar-refractivity contribution in [1.82, 2.24) is 4.31 Å². The highest BCUT2D eigenvalue weighted by Gasteiger charge is 2.39. The summed E-state index contributed by atoms with van der Waals surface area (Å²) < 4.78 is 31.5. The zero-order valence-corrected chi connectivity index (χ0v) is 11.7. The van der Waals surface area contributed by atoms with Gasteiger partial charge in [-0.1, -0.05) is 6.92 Å². The van der Waals surface area contributed by atoms with E-state index in [1.807, 2.05) is 6.92 Å². The molecule has 0 saturated heterocycles. The van der Waals surface area contributed by atoms with E-state index in [2.05, 4.69) is 0 Å². The molecule has 1 heterocycles. The molecule has 19 heavy (non-hydrogen) atoms. The molecule has 6 nitrogen and oxygen atoms in total. The molecule has 0 aromatic carbocycles. The largest absolute Gasteiger partial charge is 0.475 e. The van der Waals surface area contributed by atoms with Gasteiger partial charge in [0.15, 0.2) is 0 Å². The van der Waals surface area contributed by atoms with Crippen molar-refractivity contribution in [2.24, 2.45) is 0 Å². The fourth-order valence-corrected chi connectivity index (χ4v) is 3.97. The van der Waals surface area contributed by atoms with Gasteiger partial charge in [-0.3, -0.25) is 0 Å². The van der Waals surface area contributed by atoms with Crippen molar-refractivity contribution in [3.05, 3.63) is 17.6 Å². The summed E-state index contributed by atoms with van der Waals surface area (Å²) >= 11 is 0. The third kappa shape index (κ3) is 2.66. The number of carboxylic acids is 1. The van der Waals surface area contributed by atoms with Gasteiger partial charge in [0.05, 0.1) is 0 Å². The Morgan fingerprint density at radius 3 is 2.58 bits per heavy atom. The van der Waals surface area contributed by atoms with Crippen LogP contribution in [0.1, 0.15) is 42.5 Å². The Balaban J connectivity index is 2.40. The third-order valence-corrected chi connectivity index (χ3v) is 5.13. The monoisotopic (exact) mass is 287 g/mol. The number of carboxylic acid groups (broad SMARTS) is 1. The average molecular weight is 287 g/mol. The minimum Gasteiger partial charge on any atom is -0.475 e.